The summed E-state index contributed by atoms with van der Waals surface area (Å²) in [5, 5.41) is 1.07. The molecule has 3 aromatic rings. The van der Waals surface area contributed by atoms with E-state index in [0.29, 0.717) is 0 Å². The molecular formula is C19H15NO. The number of Topliss-reactive ketones (excluding diaryl/α,β-unsaturated/α-hetero) is 1. The summed E-state index contributed by atoms with van der Waals surface area (Å²) in [6, 6.07) is 18.0. The number of hydrogen-bond donors (Lipinski definition) is 0. The van der Waals surface area contributed by atoms with E-state index in [1.165, 1.54) is 11.1 Å². The zero-order valence-corrected chi connectivity index (χ0v) is 11.6. The van der Waals surface area contributed by atoms with Crippen LogP contribution in [0.4, 0.5) is 0 Å². The van der Waals surface area contributed by atoms with Gasteiger partial charge in [0.25, 0.3) is 0 Å². The van der Waals surface area contributed by atoms with Gasteiger partial charge in [-0.25, -0.2) is 0 Å². The van der Waals surface area contributed by atoms with E-state index in [2.05, 4.69) is 17.1 Å². The smallest absolute Gasteiger partial charge is 0.170 e. The third kappa shape index (κ3) is 2.04. The molecule has 0 fully saturated rings. The van der Waals surface area contributed by atoms with Crippen LogP contribution in [-0.4, -0.2) is 10.8 Å². The minimum absolute atomic E-state index is 0.00219. The fourth-order valence-corrected chi connectivity index (χ4v) is 3.25. The van der Waals surface area contributed by atoms with Crippen LogP contribution in [0.1, 0.15) is 33.8 Å². The van der Waals surface area contributed by atoms with E-state index in [4.69, 9.17) is 0 Å². The van der Waals surface area contributed by atoms with E-state index in [1.807, 2.05) is 42.5 Å². The van der Waals surface area contributed by atoms with Crippen molar-refractivity contribution in [2.75, 3.05) is 0 Å². The molecule has 0 amide bonds. The Bertz CT molecular complexity index is 838. The molecule has 21 heavy (non-hydrogen) atoms. The number of hydrogen-bond acceptors (Lipinski definition) is 2. The van der Waals surface area contributed by atoms with Crippen LogP contribution in [0.3, 0.4) is 0 Å². The first kappa shape index (κ1) is 12.3. The summed E-state index contributed by atoms with van der Waals surface area (Å²) in [7, 11) is 0. The molecule has 102 valence electrons. The van der Waals surface area contributed by atoms with Gasteiger partial charge in [0.15, 0.2) is 5.78 Å². The molecule has 1 aliphatic rings. The highest BCUT2D eigenvalue weighted by Crippen LogP contribution is 2.35. The van der Waals surface area contributed by atoms with Crippen molar-refractivity contribution >= 4 is 16.7 Å². The number of nitrogens with zero attached hydrogens (tertiary/aromatic N) is 1. The molecular weight excluding hydrogens is 258 g/mol. The van der Waals surface area contributed by atoms with Crippen molar-refractivity contribution in [3.8, 4) is 0 Å². The molecule has 2 nitrogen and oxygen atoms in total. The Balaban J connectivity index is 1.74. The molecule has 0 spiro atoms. The minimum Gasteiger partial charge on any atom is -0.293 e. The van der Waals surface area contributed by atoms with E-state index in [-0.39, 0.29) is 11.7 Å². The normalized spacial score (nSPS) is 16.9. The van der Waals surface area contributed by atoms with Crippen molar-refractivity contribution in [1.82, 2.24) is 4.98 Å². The number of benzene rings is 2. The minimum atomic E-state index is 0.00219. The fourth-order valence-electron chi connectivity index (χ4n) is 3.25. The van der Waals surface area contributed by atoms with E-state index >= 15 is 0 Å². The summed E-state index contributed by atoms with van der Waals surface area (Å²) < 4.78 is 0. The second-order valence-electron chi connectivity index (χ2n) is 5.57. The maximum Gasteiger partial charge on any atom is 0.170 e. The zero-order chi connectivity index (χ0) is 14.2. The summed E-state index contributed by atoms with van der Waals surface area (Å²) >= 11 is 0. The van der Waals surface area contributed by atoms with Crippen LogP contribution in [0.25, 0.3) is 10.9 Å². The van der Waals surface area contributed by atoms with Gasteiger partial charge in [-0.2, -0.15) is 0 Å². The second kappa shape index (κ2) is 4.81. The summed E-state index contributed by atoms with van der Waals surface area (Å²) in [5.41, 5.74) is 4.16. The molecule has 4 rings (SSSR count). The fraction of sp³-hybridized carbons (Fsp3) is 0.158. The first-order valence-corrected chi connectivity index (χ1v) is 7.30. The SMILES string of the molecule is O=C(c1ccc2cccnc2c1)C1CCc2ccccc21. The van der Waals surface area contributed by atoms with Crippen LogP contribution in [0.15, 0.2) is 60.8 Å². The number of rotatable bonds is 2. The lowest BCUT2D eigenvalue weighted by Crippen LogP contribution is -2.10. The van der Waals surface area contributed by atoms with E-state index in [1.54, 1.807) is 6.20 Å². The van der Waals surface area contributed by atoms with E-state index in [0.717, 1.165) is 29.3 Å². The zero-order valence-electron chi connectivity index (χ0n) is 11.6. The predicted octanol–water partition coefficient (Wildman–Crippen LogP) is 4.15. The van der Waals surface area contributed by atoms with Gasteiger partial charge in [0.2, 0.25) is 0 Å². The average Bonchev–Trinajstić information content (AvgIpc) is 2.98. The molecule has 0 bridgehead atoms. The van der Waals surface area contributed by atoms with Crippen molar-refractivity contribution in [1.29, 1.82) is 0 Å². The van der Waals surface area contributed by atoms with E-state index < -0.39 is 0 Å². The van der Waals surface area contributed by atoms with Gasteiger partial charge in [-0.15, -0.1) is 0 Å². The molecule has 1 heterocycles. The van der Waals surface area contributed by atoms with Crippen LogP contribution >= 0.6 is 0 Å². The Labute approximate surface area is 123 Å². The number of ketones is 1. The largest absolute Gasteiger partial charge is 0.293 e. The highest BCUT2D eigenvalue weighted by atomic mass is 16.1. The molecule has 2 aromatic carbocycles. The van der Waals surface area contributed by atoms with Gasteiger partial charge >= 0.3 is 0 Å². The Hall–Kier alpha value is -2.48. The van der Waals surface area contributed by atoms with Gasteiger partial charge < -0.3 is 0 Å². The van der Waals surface area contributed by atoms with Gasteiger partial charge in [0.1, 0.15) is 0 Å². The first-order chi connectivity index (χ1) is 10.3. The molecule has 0 N–H and O–H groups in total. The monoisotopic (exact) mass is 273 g/mol. The third-order valence-corrected chi connectivity index (χ3v) is 4.34. The number of carbonyl (C=O) groups is 1. The number of aryl methyl sites for hydroxylation is 1. The summed E-state index contributed by atoms with van der Waals surface area (Å²) in [5.74, 6) is 0.217. The highest BCUT2D eigenvalue weighted by Gasteiger charge is 2.28. The van der Waals surface area contributed by atoms with Crippen LogP contribution < -0.4 is 0 Å². The van der Waals surface area contributed by atoms with Crippen molar-refractivity contribution in [2.24, 2.45) is 0 Å². The van der Waals surface area contributed by atoms with Crippen molar-refractivity contribution in [3.63, 3.8) is 0 Å². The summed E-state index contributed by atoms with van der Waals surface area (Å²) in [6.07, 6.45) is 3.68. The average molecular weight is 273 g/mol. The van der Waals surface area contributed by atoms with Crippen molar-refractivity contribution < 1.29 is 4.79 Å². The Morgan fingerprint density at radius 2 is 1.95 bits per heavy atom. The second-order valence-corrected chi connectivity index (χ2v) is 5.57. The lowest BCUT2D eigenvalue weighted by molar-refractivity contribution is 0.0959. The number of pyridine rings is 1. The number of fused-ring (bicyclic) bond motifs is 2. The van der Waals surface area contributed by atoms with Crippen LogP contribution in [0.2, 0.25) is 0 Å². The first-order valence-electron chi connectivity index (χ1n) is 7.30. The number of carbonyl (C=O) groups excluding carboxylic acids is 1. The maximum absolute atomic E-state index is 12.8. The predicted molar refractivity (Wildman–Crippen MR) is 83.6 cm³/mol. The number of aromatic nitrogens is 1. The Kier molecular flexibility index (Phi) is 2.81. The van der Waals surface area contributed by atoms with Crippen LogP contribution in [-0.2, 0) is 6.42 Å². The molecule has 1 aromatic heterocycles. The Morgan fingerprint density at radius 3 is 2.90 bits per heavy atom. The van der Waals surface area contributed by atoms with Crippen molar-refractivity contribution in [2.45, 2.75) is 18.8 Å². The molecule has 2 heteroatoms. The standard InChI is InChI=1S/C19H15NO/c21-19(17-10-9-13-4-1-2-6-16(13)17)15-8-7-14-5-3-11-20-18(14)12-15/h1-8,11-12,17H,9-10H2. The van der Waals surface area contributed by atoms with Gasteiger partial charge in [0.05, 0.1) is 5.52 Å². The third-order valence-electron chi connectivity index (χ3n) is 4.34. The summed E-state index contributed by atoms with van der Waals surface area (Å²) in [4.78, 5) is 17.2. The molecule has 1 unspecified atom stereocenters. The topological polar surface area (TPSA) is 30.0 Å². The highest BCUT2D eigenvalue weighted by molar-refractivity contribution is 6.03. The van der Waals surface area contributed by atoms with E-state index in [9.17, 15) is 4.79 Å². The van der Waals surface area contributed by atoms with Gasteiger partial charge in [0, 0.05) is 23.1 Å². The van der Waals surface area contributed by atoms with Crippen LogP contribution in [0.5, 0.6) is 0 Å². The quantitative estimate of drug-likeness (QED) is 0.657. The van der Waals surface area contributed by atoms with Gasteiger partial charge in [-0.3, -0.25) is 9.78 Å². The molecule has 0 saturated heterocycles. The van der Waals surface area contributed by atoms with Gasteiger partial charge in [-0.05, 0) is 36.1 Å². The molecule has 0 radical (unpaired) electrons. The molecule has 0 aliphatic heterocycles. The molecule has 1 atom stereocenters. The molecule has 0 saturated carbocycles. The van der Waals surface area contributed by atoms with Crippen molar-refractivity contribution in [3.05, 3.63) is 77.5 Å². The maximum atomic E-state index is 12.8. The lowest BCUT2D eigenvalue weighted by atomic mass is 9.92. The van der Waals surface area contributed by atoms with Gasteiger partial charge in [-0.1, -0.05) is 42.5 Å². The summed E-state index contributed by atoms with van der Waals surface area (Å²) in [6.45, 7) is 0. The molecule has 1 aliphatic carbocycles. The Morgan fingerprint density at radius 1 is 1.05 bits per heavy atom. The lowest BCUT2D eigenvalue weighted by Gasteiger charge is -2.11. The van der Waals surface area contributed by atoms with Crippen LogP contribution in [0, 0.1) is 0 Å².